The standard InChI is InChI=1S/C19H23N5O/c1-11-6-7-15-14(12(11)2)10-16(20-15)18(25)21-17-13(3)22-23(4)19(17)24-8-5-9-24/h6-7,10,20H,5,8-9H2,1-4H3,(H,21,25). The summed E-state index contributed by atoms with van der Waals surface area (Å²) in [5.41, 5.74) is 5.62. The van der Waals surface area contributed by atoms with Crippen molar-refractivity contribution >= 4 is 28.3 Å². The van der Waals surface area contributed by atoms with E-state index in [9.17, 15) is 4.79 Å². The van der Waals surface area contributed by atoms with E-state index in [1.165, 1.54) is 17.5 Å². The first-order chi connectivity index (χ1) is 12.0. The minimum atomic E-state index is -0.133. The zero-order chi connectivity index (χ0) is 17.7. The Morgan fingerprint density at radius 2 is 2.00 bits per heavy atom. The third-order valence-electron chi connectivity index (χ3n) is 5.17. The van der Waals surface area contributed by atoms with Gasteiger partial charge < -0.3 is 15.2 Å². The molecule has 25 heavy (non-hydrogen) atoms. The Balaban J connectivity index is 1.68. The van der Waals surface area contributed by atoms with Gasteiger partial charge in [-0.15, -0.1) is 0 Å². The first kappa shape index (κ1) is 15.7. The van der Waals surface area contributed by atoms with Crippen molar-refractivity contribution in [2.24, 2.45) is 7.05 Å². The molecule has 3 aromatic rings. The summed E-state index contributed by atoms with van der Waals surface area (Å²) < 4.78 is 1.85. The number of benzene rings is 1. The third-order valence-corrected chi connectivity index (χ3v) is 5.17. The van der Waals surface area contributed by atoms with Crippen molar-refractivity contribution < 1.29 is 4.79 Å². The van der Waals surface area contributed by atoms with Gasteiger partial charge in [-0.2, -0.15) is 5.10 Å². The van der Waals surface area contributed by atoms with Gasteiger partial charge >= 0.3 is 0 Å². The zero-order valence-electron chi connectivity index (χ0n) is 15.1. The van der Waals surface area contributed by atoms with Crippen molar-refractivity contribution in [1.82, 2.24) is 14.8 Å². The molecule has 1 fully saturated rings. The van der Waals surface area contributed by atoms with Crippen LogP contribution >= 0.6 is 0 Å². The molecule has 1 aromatic carbocycles. The second kappa shape index (κ2) is 5.65. The Kier molecular flexibility index (Phi) is 3.56. The summed E-state index contributed by atoms with van der Waals surface area (Å²) in [7, 11) is 1.92. The maximum absolute atomic E-state index is 12.8. The van der Waals surface area contributed by atoms with Gasteiger partial charge in [0.05, 0.1) is 5.69 Å². The van der Waals surface area contributed by atoms with Crippen molar-refractivity contribution in [2.45, 2.75) is 27.2 Å². The van der Waals surface area contributed by atoms with Gasteiger partial charge in [0.25, 0.3) is 5.91 Å². The van der Waals surface area contributed by atoms with Crippen LogP contribution in [0.25, 0.3) is 10.9 Å². The highest BCUT2D eigenvalue weighted by Crippen LogP contribution is 2.32. The van der Waals surface area contributed by atoms with E-state index < -0.39 is 0 Å². The van der Waals surface area contributed by atoms with E-state index in [4.69, 9.17) is 0 Å². The largest absolute Gasteiger partial charge is 0.355 e. The first-order valence-electron chi connectivity index (χ1n) is 8.64. The van der Waals surface area contributed by atoms with Gasteiger partial charge in [0, 0.05) is 31.0 Å². The summed E-state index contributed by atoms with van der Waals surface area (Å²) in [5, 5.41) is 8.64. The van der Waals surface area contributed by atoms with Crippen molar-refractivity contribution in [3.63, 3.8) is 0 Å². The fraction of sp³-hybridized carbons (Fsp3) is 0.368. The first-order valence-corrected chi connectivity index (χ1v) is 8.64. The Morgan fingerprint density at radius 3 is 2.68 bits per heavy atom. The second-order valence-corrected chi connectivity index (χ2v) is 6.85. The highest BCUT2D eigenvalue weighted by atomic mass is 16.1. The van der Waals surface area contributed by atoms with E-state index in [0.29, 0.717) is 5.69 Å². The Hall–Kier alpha value is -2.76. The minimum Gasteiger partial charge on any atom is -0.355 e. The monoisotopic (exact) mass is 337 g/mol. The molecule has 1 aliphatic heterocycles. The maximum atomic E-state index is 12.8. The molecule has 4 rings (SSSR count). The molecule has 0 unspecified atom stereocenters. The Labute approximate surface area is 146 Å². The molecule has 2 N–H and O–H groups in total. The number of H-pyrrole nitrogens is 1. The van der Waals surface area contributed by atoms with E-state index in [1.54, 1.807) is 0 Å². The lowest BCUT2D eigenvalue weighted by Gasteiger charge is -2.33. The normalized spacial score (nSPS) is 14.0. The molecule has 0 spiro atoms. The SMILES string of the molecule is Cc1ccc2[nH]c(C(=O)Nc3c(C)nn(C)c3N3CCC3)cc2c1C. The summed E-state index contributed by atoms with van der Waals surface area (Å²) in [6, 6.07) is 6.03. The van der Waals surface area contributed by atoms with Crippen molar-refractivity contribution in [3.05, 3.63) is 40.7 Å². The van der Waals surface area contributed by atoms with E-state index in [2.05, 4.69) is 40.2 Å². The summed E-state index contributed by atoms with van der Waals surface area (Å²) in [6.07, 6.45) is 1.18. The molecule has 1 saturated heterocycles. The van der Waals surface area contributed by atoms with Gasteiger partial charge in [-0.25, -0.2) is 0 Å². The van der Waals surface area contributed by atoms with E-state index in [0.717, 1.165) is 41.2 Å². The molecule has 3 heterocycles. The third kappa shape index (κ3) is 2.49. The van der Waals surface area contributed by atoms with Crippen LogP contribution in [0.1, 0.15) is 33.7 Å². The maximum Gasteiger partial charge on any atom is 0.272 e. The Bertz CT molecular complexity index is 978. The molecule has 1 amide bonds. The van der Waals surface area contributed by atoms with Crippen LogP contribution in [-0.2, 0) is 7.05 Å². The number of carbonyl (C=O) groups is 1. The Morgan fingerprint density at radius 1 is 1.24 bits per heavy atom. The lowest BCUT2D eigenvalue weighted by Crippen LogP contribution is -2.39. The number of aryl methyl sites for hydroxylation is 4. The number of aromatic nitrogens is 3. The molecule has 0 bridgehead atoms. The van der Waals surface area contributed by atoms with E-state index in [-0.39, 0.29) is 5.91 Å². The minimum absolute atomic E-state index is 0.133. The predicted octanol–water partition coefficient (Wildman–Crippen LogP) is 3.29. The fourth-order valence-corrected chi connectivity index (χ4v) is 3.44. The average molecular weight is 337 g/mol. The number of rotatable bonds is 3. The summed E-state index contributed by atoms with van der Waals surface area (Å²) in [4.78, 5) is 18.3. The molecular weight excluding hydrogens is 314 g/mol. The van der Waals surface area contributed by atoms with Crippen LogP contribution in [-0.4, -0.2) is 33.8 Å². The number of fused-ring (bicyclic) bond motifs is 1. The molecule has 0 atom stereocenters. The number of carbonyl (C=O) groups excluding carboxylic acids is 1. The number of anilines is 2. The fourth-order valence-electron chi connectivity index (χ4n) is 3.44. The van der Waals surface area contributed by atoms with Gasteiger partial charge in [0.15, 0.2) is 5.82 Å². The molecule has 6 heteroatoms. The smallest absolute Gasteiger partial charge is 0.272 e. The number of aromatic amines is 1. The van der Waals surface area contributed by atoms with E-state index in [1.807, 2.05) is 30.8 Å². The van der Waals surface area contributed by atoms with Gasteiger partial charge in [0.1, 0.15) is 11.4 Å². The molecule has 130 valence electrons. The second-order valence-electron chi connectivity index (χ2n) is 6.85. The van der Waals surface area contributed by atoms with Gasteiger partial charge in [-0.3, -0.25) is 9.48 Å². The predicted molar refractivity (Wildman–Crippen MR) is 101 cm³/mol. The number of hydrogen-bond donors (Lipinski definition) is 2. The van der Waals surface area contributed by atoms with Gasteiger partial charge in [-0.05, 0) is 50.5 Å². The molecule has 0 saturated carbocycles. The van der Waals surface area contributed by atoms with Crippen molar-refractivity contribution in [2.75, 3.05) is 23.3 Å². The van der Waals surface area contributed by atoms with Crippen molar-refractivity contribution in [1.29, 1.82) is 0 Å². The van der Waals surface area contributed by atoms with Gasteiger partial charge in [-0.1, -0.05) is 6.07 Å². The highest BCUT2D eigenvalue weighted by molar-refractivity contribution is 6.07. The van der Waals surface area contributed by atoms with E-state index >= 15 is 0 Å². The molecule has 2 aromatic heterocycles. The lowest BCUT2D eigenvalue weighted by molar-refractivity contribution is 0.102. The van der Waals surface area contributed by atoms with Crippen LogP contribution in [0.4, 0.5) is 11.5 Å². The van der Waals surface area contributed by atoms with Crippen LogP contribution in [0, 0.1) is 20.8 Å². The number of hydrogen-bond acceptors (Lipinski definition) is 3. The summed E-state index contributed by atoms with van der Waals surface area (Å²) in [6.45, 7) is 8.11. The zero-order valence-corrected chi connectivity index (χ0v) is 15.1. The van der Waals surface area contributed by atoms with Gasteiger partial charge in [0.2, 0.25) is 0 Å². The number of nitrogens with one attached hydrogen (secondary N) is 2. The topological polar surface area (TPSA) is 66.0 Å². The van der Waals surface area contributed by atoms with Crippen LogP contribution in [0.2, 0.25) is 0 Å². The van der Waals surface area contributed by atoms with Crippen LogP contribution < -0.4 is 10.2 Å². The molecule has 0 aliphatic carbocycles. The van der Waals surface area contributed by atoms with Crippen LogP contribution in [0.5, 0.6) is 0 Å². The van der Waals surface area contributed by atoms with Crippen LogP contribution in [0.3, 0.4) is 0 Å². The summed E-state index contributed by atoms with van der Waals surface area (Å²) >= 11 is 0. The van der Waals surface area contributed by atoms with Crippen LogP contribution in [0.15, 0.2) is 18.2 Å². The molecule has 0 radical (unpaired) electrons. The molecular formula is C19H23N5O. The molecule has 6 nitrogen and oxygen atoms in total. The highest BCUT2D eigenvalue weighted by Gasteiger charge is 2.25. The number of nitrogens with zero attached hydrogens (tertiary/aromatic N) is 3. The quantitative estimate of drug-likeness (QED) is 0.771. The summed E-state index contributed by atoms with van der Waals surface area (Å²) in [5.74, 6) is 0.853. The number of amides is 1. The lowest BCUT2D eigenvalue weighted by atomic mass is 10.1. The molecule has 1 aliphatic rings. The average Bonchev–Trinajstić information content (AvgIpc) is 3.06. The van der Waals surface area contributed by atoms with Crippen molar-refractivity contribution in [3.8, 4) is 0 Å².